The summed E-state index contributed by atoms with van der Waals surface area (Å²) in [6.07, 6.45) is 3.80. The molecule has 146 valence electrons. The van der Waals surface area contributed by atoms with Crippen molar-refractivity contribution in [3.05, 3.63) is 53.9 Å². The summed E-state index contributed by atoms with van der Waals surface area (Å²) in [5.41, 5.74) is 8.00. The molecule has 0 unspecified atom stereocenters. The number of carbonyl (C=O) groups is 1. The summed E-state index contributed by atoms with van der Waals surface area (Å²) in [6.45, 7) is 3.73. The smallest absolute Gasteiger partial charge is 0.250 e. The lowest BCUT2D eigenvalue weighted by Crippen LogP contribution is -2.37. The molecular weight excluding hydrogens is 352 g/mol. The second kappa shape index (κ2) is 7.98. The van der Waals surface area contributed by atoms with Crippen LogP contribution in [0.25, 0.3) is 10.9 Å². The first-order valence-electron chi connectivity index (χ1n) is 9.74. The Morgan fingerprint density at radius 1 is 1.21 bits per heavy atom. The number of para-hydroxylation sites is 1. The highest BCUT2D eigenvalue weighted by atomic mass is 16.1. The van der Waals surface area contributed by atoms with Gasteiger partial charge in [0.05, 0.1) is 16.8 Å². The summed E-state index contributed by atoms with van der Waals surface area (Å²) in [4.78, 5) is 17.8. The fourth-order valence-corrected chi connectivity index (χ4v) is 3.90. The zero-order valence-electron chi connectivity index (χ0n) is 16.1. The molecule has 1 aliphatic rings. The number of aromatic nitrogens is 3. The number of anilines is 1. The van der Waals surface area contributed by atoms with Crippen LogP contribution in [0.4, 0.5) is 5.82 Å². The van der Waals surface area contributed by atoms with Gasteiger partial charge in [-0.1, -0.05) is 18.2 Å². The van der Waals surface area contributed by atoms with E-state index >= 15 is 0 Å². The predicted octanol–water partition coefficient (Wildman–Crippen LogP) is 2.07. The minimum atomic E-state index is -0.440. The highest BCUT2D eigenvalue weighted by Crippen LogP contribution is 2.22. The molecule has 0 bridgehead atoms. The predicted molar refractivity (Wildman–Crippen MR) is 110 cm³/mol. The first-order valence-corrected chi connectivity index (χ1v) is 9.74. The minimum Gasteiger partial charge on any atom is -0.366 e. The molecule has 0 aliphatic carbocycles. The van der Waals surface area contributed by atoms with Gasteiger partial charge in [0.15, 0.2) is 0 Å². The molecule has 3 heterocycles. The van der Waals surface area contributed by atoms with Gasteiger partial charge in [-0.2, -0.15) is 5.10 Å². The molecule has 0 radical (unpaired) electrons. The number of hydrogen-bond acceptors (Lipinski definition) is 5. The standard InChI is InChI=1S/C21H26N6O/c1-26-19-5-3-2-4-17(19)18(25-26)14-23-12-15-8-10-27(11-9-15)20-7-6-16(13-24-20)21(22)28/h2-7,13,15,23H,8-12,14H2,1H3,(H2,22,28). The van der Waals surface area contributed by atoms with Gasteiger partial charge in [-0.3, -0.25) is 9.48 Å². The van der Waals surface area contributed by atoms with Crippen molar-refractivity contribution in [1.29, 1.82) is 0 Å². The van der Waals surface area contributed by atoms with Gasteiger partial charge >= 0.3 is 0 Å². The third-order valence-electron chi connectivity index (χ3n) is 5.53. The van der Waals surface area contributed by atoms with Gasteiger partial charge in [0, 0.05) is 38.3 Å². The average molecular weight is 378 g/mol. The Hall–Kier alpha value is -2.93. The van der Waals surface area contributed by atoms with E-state index in [1.54, 1.807) is 12.3 Å². The third-order valence-corrected chi connectivity index (χ3v) is 5.53. The lowest BCUT2D eigenvalue weighted by atomic mass is 9.96. The maximum absolute atomic E-state index is 11.2. The van der Waals surface area contributed by atoms with Crippen molar-refractivity contribution < 1.29 is 4.79 Å². The number of fused-ring (bicyclic) bond motifs is 1. The van der Waals surface area contributed by atoms with Crippen LogP contribution in [0.15, 0.2) is 42.6 Å². The zero-order chi connectivity index (χ0) is 19.5. The molecule has 0 spiro atoms. The van der Waals surface area contributed by atoms with Crippen LogP contribution in [0.1, 0.15) is 28.9 Å². The second-order valence-electron chi connectivity index (χ2n) is 7.42. The first-order chi connectivity index (χ1) is 13.6. The van der Waals surface area contributed by atoms with E-state index in [1.807, 2.05) is 23.9 Å². The van der Waals surface area contributed by atoms with Crippen LogP contribution in [-0.2, 0) is 13.6 Å². The number of nitrogens with one attached hydrogen (secondary N) is 1. The Balaban J connectivity index is 1.27. The number of aryl methyl sites for hydroxylation is 1. The number of amides is 1. The first kappa shape index (κ1) is 18.4. The lowest BCUT2D eigenvalue weighted by molar-refractivity contribution is 0.1000. The normalized spacial score (nSPS) is 15.2. The summed E-state index contributed by atoms with van der Waals surface area (Å²) < 4.78 is 1.95. The molecule has 1 saturated heterocycles. The van der Waals surface area contributed by atoms with E-state index in [0.717, 1.165) is 50.5 Å². The summed E-state index contributed by atoms with van der Waals surface area (Å²) in [5, 5.41) is 9.46. The van der Waals surface area contributed by atoms with E-state index in [9.17, 15) is 4.79 Å². The van der Waals surface area contributed by atoms with Gasteiger partial charge < -0.3 is 16.0 Å². The number of primary amides is 1. The fraction of sp³-hybridized carbons (Fsp3) is 0.381. The molecule has 2 aromatic heterocycles. The molecule has 3 aromatic rings. The van der Waals surface area contributed by atoms with Crippen LogP contribution in [0.3, 0.4) is 0 Å². The van der Waals surface area contributed by atoms with Crippen LogP contribution in [0.2, 0.25) is 0 Å². The van der Waals surface area contributed by atoms with Crippen molar-refractivity contribution in [2.45, 2.75) is 19.4 Å². The summed E-state index contributed by atoms with van der Waals surface area (Å²) in [7, 11) is 1.99. The highest BCUT2D eigenvalue weighted by Gasteiger charge is 2.20. The van der Waals surface area contributed by atoms with Gasteiger partial charge in [0.2, 0.25) is 5.91 Å². The van der Waals surface area contributed by atoms with Crippen molar-refractivity contribution in [2.75, 3.05) is 24.5 Å². The molecule has 0 atom stereocenters. The molecule has 3 N–H and O–H groups in total. The maximum atomic E-state index is 11.2. The Morgan fingerprint density at radius 3 is 2.71 bits per heavy atom. The molecule has 7 nitrogen and oxygen atoms in total. The van der Waals surface area contributed by atoms with Crippen LogP contribution in [0.5, 0.6) is 0 Å². The van der Waals surface area contributed by atoms with Crippen LogP contribution >= 0.6 is 0 Å². The SMILES string of the molecule is Cn1nc(CNCC2CCN(c3ccc(C(N)=O)cn3)CC2)c2ccccc21. The van der Waals surface area contributed by atoms with Gasteiger partial charge in [-0.25, -0.2) is 4.98 Å². The largest absolute Gasteiger partial charge is 0.366 e. The van der Waals surface area contributed by atoms with E-state index in [1.165, 1.54) is 10.9 Å². The van der Waals surface area contributed by atoms with E-state index < -0.39 is 5.91 Å². The third kappa shape index (κ3) is 3.84. The number of hydrogen-bond donors (Lipinski definition) is 2. The van der Waals surface area contributed by atoms with Crippen molar-refractivity contribution in [3.63, 3.8) is 0 Å². The highest BCUT2D eigenvalue weighted by molar-refractivity contribution is 5.92. The molecule has 4 rings (SSSR count). The monoisotopic (exact) mass is 378 g/mol. The molecule has 0 saturated carbocycles. The molecular formula is C21H26N6O. The number of piperidine rings is 1. The topological polar surface area (TPSA) is 89.1 Å². The quantitative estimate of drug-likeness (QED) is 0.685. The van der Waals surface area contributed by atoms with Crippen molar-refractivity contribution in [1.82, 2.24) is 20.1 Å². The lowest BCUT2D eigenvalue weighted by Gasteiger charge is -2.33. The van der Waals surface area contributed by atoms with Gasteiger partial charge in [-0.05, 0) is 43.5 Å². The fourth-order valence-electron chi connectivity index (χ4n) is 3.90. The Bertz CT molecular complexity index is 957. The second-order valence-corrected chi connectivity index (χ2v) is 7.42. The Morgan fingerprint density at radius 2 is 2.00 bits per heavy atom. The molecule has 28 heavy (non-hydrogen) atoms. The number of pyridine rings is 1. The number of rotatable bonds is 6. The van der Waals surface area contributed by atoms with Crippen molar-refractivity contribution in [3.8, 4) is 0 Å². The van der Waals surface area contributed by atoms with Crippen LogP contribution in [-0.4, -0.2) is 40.3 Å². The molecule has 7 heteroatoms. The van der Waals surface area contributed by atoms with Crippen molar-refractivity contribution >= 4 is 22.6 Å². The average Bonchev–Trinajstić information content (AvgIpc) is 3.05. The molecule has 1 amide bonds. The number of carbonyl (C=O) groups excluding carboxylic acids is 1. The number of nitrogens with two attached hydrogens (primary N) is 1. The van der Waals surface area contributed by atoms with Gasteiger partial charge in [-0.15, -0.1) is 0 Å². The van der Waals surface area contributed by atoms with E-state index in [0.29, 0.717) is 11.5 Å². The molecule has 1 aromatic carbocycles. The Kier molecular flexibility index (Phi) is 5.25. The van der Waals surface area contributed by atoms with E-state index in [-0.39, 0.29) is 0 Å². The van der Waals surface area contributed by atoms with E-state index in [4.69, 9.17) is 5.73 Å². The number of benzene rings is 1. The van der Waals surface area contributed by atoms with Crippen LogP contribution in [0, 0.1) is 5.92 Å². The summed E-state index contributed by atoms with van der Waals surface area (Å²) in [5.74, 6) is 1.12. The molecule has 1 aliphatic heterocycles. The minimum absolute atomic E-state index is 0.440. The summed E-state index contributed by atoms with van der Waals surface area (Å²) in [6, 6.07) is 12.0. The van der Waals surface area contributed by atoms with E-state index in [2.05, 4.69) is 38.5 Å². The van der Waals surface area contributed by atoms with Crippen molar-refractivity contribution in [2.24, 2.45) is 18.7 Å². The molecule has 1 fully saturated rings. The van der Waals surface area contributed by atoms with Crippen LogP contribution < -0.4 is 16.0 Å². The van der Waals surface area contributed by atoms with Gasteiger partial charge in [0.1, 0.15) is 5.82 Å². The van der Waals surface area contributed by atoms with Gasteiger partial charge in [0.25, 0.3) is 0 Å². The maximum Gasteiger partial charge on any atom is 0.250 e. The zero-order valence-corrected chi connectivity index (χ0v) is 16.1. The number of nitrogens with zero attached hydrogens (tertiary/aromatic N) is 4. The Labute approximate surface area is 164 Å². The summed E-state index contributed by atoms with van der Waals surface area (Å²) >= 11 is 0.